The van der Waals surface area contributed by atoms with Crippen molar-refractivity contribution in [3.8, 4) is 11.5 Å². The Hall–Kier alpha value is -2.90. The molecule has 0 bridgehead atoms. The van der Waals surface area contributed by atoms with E-state index in [1.54, 1.807) is 0 Å². The Labute approximate surface area is 208 Å². The molecule has 35 heavy (non-hydrogen) atoms. The summed E-state index contributed by atoms with van der Waals surface area (Å²) >= 11 is 0. The van der Waals surface area contributed by atoms with Crippen molar-refractivity contribution in [3.05, 3.63) is 60.2 Å². The monoisotopic (exact) mass is 476 g/mol. The van der Waals surface area contributed by atoms with Gasteiger partial charge in [-0.25, -0.2) is 0 Å². The smallest absolute Gasteiger partial charge is 0.236 e. The fraction of sp³-hybridized carbons (Fsp3) is 0.500. The quantitative estimate of drug-likeness (QED) is 0.615. The Bertz CT molecular complexity index is 977. The molecule has 0 aromatic heterocycles. The zero-order valence-electron chi connectivity index (χ0n) is 20.5. The molecule has 2 saturated heterocycles. The fourth-order valence-electron chi connectivity index (χ4n) is 5.12. The van der Waals surface area contributed by atoms with Crippen molar-refractivity contribution in [1.29, 1.82) is 0 Å². The van der Waals surface area contributed by atoms with Gasteiger partial charge in [0.15, 0.2) is 0 Å². The van der Waals surface area contributed by atoms with E-state index in [-0.39, 0.29) is 11.8 Å². The number of hydrogen-bond donors (Lipinski definition) is 0. The molecule has 0 atom stereocenters. The molecule has 0 N–H and O–H groups in total. The number of nitrogens with zero attached hydrogens (tertiary/aromatic N) is 4. The zero-order chi connectivity index (χ0) is 24.0. The van der Waals surface area contributed by atoms with Crippen LogP contribution in [0.15, 0.2) is 54.6 Å². The highest BCUT2D eigenvalue weighted by Gasteiger charge is 2.30. The van der Waals surface area contributed by atoms with Crippen molar-refractivity contribution < 1.29 is 14.3 Å². The molecule has 0 radical (unpaired) electrons. The van der Waals surface area contributed by atoms with Crippen LogP contribution in [0.5, 0.6) is 11.5 Å². The van der Waals surface area contributed by atoms with Crippen molar-refractivity contribution in [2.45, 2.75) is 31.7 Å². The first-order valence-corrected chi connectivity index (χ1v) is 13.0. The van der Waals surface area contributed by atoms with E-state index in [0.29, 0.717) is 26.1 Å². The fourth-order valence-corrected chi connectivity index (χ4v) is 5.12. The number of ether oxygens (including phenoxy) is 1. The number of amides is 2. The summed E-state index contributed by atoms with van der Waals surface area (Å²) in [6, 6.07) is 18.2. The first-order valence-electron chi connectivity index (χ1n) is 13.0. The van der Waals surface area contributed by atoms with Crippen molar-refractivity contribution in [3.63, 3.8) is 0 Å². The van der Waals surface area contributed by atoms with Crippen LogP contribution < -0.4 is 4.74 Å². The highest BCUT2D eigenvalue weighted by Crippen LogP contribution is 2.25. The van der Waals surface area contributed by atoms with Gasteiger partial charge in [-0.1, -0.05) is 36.8 Å². The van der Waals surface area contributed by atoms with Gasteiger partial charge < -0.3 is 14.5 Å². The minimum absolute atomic E-state index is 0.139. The van der Waals surface area contributed by atoms with Crippen LogP contribution in [0.4, 0.5) is 0 Å². The maximum Gasteiger partial charge on any atom is 0.236 e. The average Bonchev–Trinajstić information content (AvgIpc) is 2.86. The molecule has 0 spiro atoms. The van der Waals surface area contributed by atoms with Crippen molar-refractivity contribution in [1.82, 2.24) is 19.6 Å². The predicted molar refractivity (Wildman–Crippen MR) is 135 cm³/mol. The number of para-hydroxylation sites is 1. The molecule has 3 aliphatic rings. The van der Waals surface area contributed by atoms with Crippen LogP contribution >= 0.6 is 0 Å². The SMILES string of the molecule is O=C(Cc1ccc(Oc2ccccc2)cc1)N1CCN(CC(=O)N2CCN(C3CCC3)CC2)CC1. The van der Waals surface area contributed by atoms with E-state index in [0.717, 1.165) is 62.4 Å². The van der Waals surface area contributed by atoms with E-state index >= 15 is 0 Å². The van der Waals surface area contributed by atoms with Gasteiger partial charge in [0, 0.05) is 58.4 Å². The Kier molecular flexibility index (Phi) is 7.64. The van der Waals surface area contributed by atoms with Crippen LogP contribution in [0.25, 0.3) is 0 Å². The van der Waals surface area contributed by atoms with Gasteiger partial charge in [0.05, 0.1) is 13.0 Å². The van der Waals surface area contributed by atoms with E-state index in [1.165, 1.54) is 19.3 Å². The lowest BCUT2D eigenvalue weighted by atomic mass is 9.91. The summed E-state index contributed by atoms with van der Waals surface area (Å²) < 4.78 is 5.83. The molecule has 2 amide bonds. The summed E-state index contributed by atoms with van der Waals surface area (Å²) in [7, 11) is 0. The molecule has 2 aliphatic heterocycles. The highest BCUT2D eigenvalue weighted by molar-refractivity contribution is 5.79. The van der Waals surface area contributed by atoms with E-state index in [4.69, 9.17) is 4.74 Å². The Balaban J connectivity index is 1.02. The number of hydrogen-bond acceptors (Lipinski definition) is 5. The molecule has 2 aromatic rings. The molecule has 3 fully saturated rings. The molecule has 1 aliphatic carbocycles. The topological polar surface area (TPSA) is 56.3 Å². The lowest BCUT2D eigenvalue weighted by molar-refractivity contribution is -0.136. The highest BCUT2D eigenvalue weighted by atomic mass is 16.5. The van der Waals surface area contributed by atoms with Crippen molar-refractivity contribution in [2.75, 3.05) is 58.9 Å². The predicted octanol–water partition coefficient (Wildman–Crippen LogP) is 2.86. The summed E-state index contributed by atoms with van der Waals surface area (Å²) in [5, 5.41) is 0. The maximum absolute atomic E-state index is 12.8. The van der Waals surface area contributed by atoms with Gasteiger partial charge in [-0.05, 0) is 42.7 Å². The number of rotatable bonds is 7. The second kappa shape index (κ2) is 11.2. The molecule has 1 saturated carbocycles. The molecule has 186 valence electrons. The number of carbonyl (C=O) groups is 2. The summed E-state index contributed by atoms with van der Waals surface area (Å²) in [6.07, 6.45) is 4.39. The summed E-state index contributed by atoms with van der Waals surface area (Å²) in [5.41, 5.74) is 0.981. The molecule has 7 nitrogen and oxygen atoms in total. The van der Waals surface area contributed by atoms with Gasteiger partial charge in [-0.2, -0.15) is 0 Å². The van der Waals surface area contributed by atoms with Gasteiger partial charge in [0.2, 0.25) is 11.8 Å². The molecular weight excluding hydrogens is 440 g/mol. The van der Waals surface area contributed by atoms with E-state index in [2.05, 4.69) is 9.80 Å². The Morgan fingerprint density at radius 3 is 1.94 bits per heavy atom. The second-order valence-electron chi connectivity index (χ2n) is 9.89. The van der Waals surface area contributed by atoms with Crippen LogP contribution in [0.1, 0.15) is 24.8 Å². The Morgan fingerprint density at radius 2 is 1.31 bits per heavy atom. The zero-order valence-corrected chi connectivity index (χ0v) is 20.5. The first kappa shape index (κ1) is 23.8. The van der Waals surface area contributed by atoms with Crippen molar-refractivity contribution >= 4 is 11.8 Å². The summed E-state index contributed by atoms with van der Waals surface area (Å²) in [4.78, 5) is 34.3. The molecule has 2 aromatic carbocycles. The van der Waals surface area contributed by atoms with Crippen LogP contribution in [-0.2, 0) is 16.0 Å². The third-order valence-electron chi connectivity index (χ3n) is 7.60. The molecule has 7 heteroatoms. The molecule has 5 rings (SSSR count). The van der Waals surface area contributed by atoms with Gasteiger partial charge >= 0.3 is 0 Å². The van der Waals surface area contributed by atoms with Crippen molar-refractivity contribution in [2.24, 2.45) is 0 Å². The third-order valence-corrected chi connectivity index (χ3v) is 7.60. The average molecular weight is 477 g/mol. The largest absolute Gasteiger partial charge is 0.457 e. The van der Waals surface area contributed by atoms with Crippen LogP contribution in [0.3, 0.4) is 0 Å². The number of carbonyl (C=O) groups excluding carboxylic acids is 2. The minimum atomic E-state index is 0.139. The van der Waals surface area contributed by atoms with Crippen LogP contribution in [-0.4, -0.2) is 96.4 Å². The normalized spacial score (nSPS) is 19.9. The third kappa shape index (κ3) is 6.21. The summed E-state index contributed by atoms with van der Waals surface area (Å²) in [6.45, 7) is 7.05. The Morgan fingerprint density at radius 1 is 0.714 bits per heavy atom. The standard InChI is InChI=1S/C28H36N4O3/c33-27(21-23-9-11-26(12-10-23)35-25-7-2-1-3-8-25)31-15-13-29(14-16-31)22-28(34)32-19-17-30(18-20-32)24-5-4-6-24/h1-3,7-12,24H,4-6,13-22H2. The van der Waals surface area contributed by atoms with Crippen LogP contribution in [0, 0.1) is 0 Å². The molecule has 0 unspecified atom stereocenters. The number of benzene rings is 2. The lowest BCUT2D eigenvalue weighted by Crippen LogP contribution is -2.56. The van der Waals surface area contributed by atoms with Gasteiger partial charge in [-0.3, -0.25) is 19.4 Å². The van der Waals surface area contributed by atoms with E-state index < -0.39 is 0 Å². The van der Waals surface area contributed by atoms with Gasteiger partial charge in [0.25, 0.3) is 0 Å². The van der Waals surface area contributed by atoms with Gasteiger partial charge in [0.1, 0.15) is 11.5 Å². The minimum Gasteiger partial charge on any atom is -0.457 e. The first-order chi connectivity index (χ1) is 17.1. The van der Waals surface area contributed by atoms with Gasteiger partial charge in [-0.15, -0.1) is 0 Å². The van der Waals surface area contributed by atoms with Crippen LogP contribution in [0.2, 0.25) is 0 Å². The number of piperazine rings is 2. The molecular formula is C28H36N4O3. The lowest BCUT2D eigenvalue weighted by Gasteiger charge is -2.43. The maximum atomic E-state index is 12.8. The van der Waals surface area contributed by atoms with E-state index in [9.17, 15) is 9.59 Å². The second-order valence-corrected chi connectivity index (χ2v) is 9.89. The molecule has 2 heterocycles. The summed E-state index contributed by atoms with van der Waals surface area (Å²) in [5.74, 6) is 1.93. The van der Waals surface area contributed by atoms with E-state index in [1.807, 2.05) is 64.4 Å².